The van der Waals surface area contributed by atoms with Gasteiger partial charge >= 0.3 is 5.97 Å². The van der Waals surface area contributed by atoms with E-state index in [1.165, 1.54) is 0 Å². The Hall–Kier alpha value is -0.830. The van der Waals surface area contributed by atoms with E-state index in [2.05, 4.69) is 0 Å². The Morgan fingerprint density at radius 3 is 2.55 bits per heavy atom. The molecule has 0 rings (SSSR count). The number of rotatable bonds is 4. The predicted octanol–water partition coefficient (Wildman–Crippen LogP) is 1.14. The van der Waals surface area contributed by atoms with Gasteiger partial charge < -0.3 is 10.8 Å². The van der Waals surface area contributed by atoms with Gasteiger partial charge in [0, 0.05) is 6.04 Å². The van der Waals surface area contributed by atoms with Gasteiger partial charge in [0.15, 0.2) is 0 Å². The summed E-state index contributed by atoms with van der Waals surface area (Å²) in [6, 6.07) is -0.317. The van der Waals surface area contributed by atoms with Crippen molar-refractivity contribution in [2.24, 2.45) is 5.73 Å². The smallest absolute Gasteiger partial charge is 0.305 e. The molecule has 0 saturated heterocycles. The van der Waals surface area contributed by atoms with E-state index in [0.717, 1.165) is 12.0 Å². The van der Waals surface area contributed by atoms with Gasteiger partial charge in [-0.05, 0) is 13.3 Å². The predicted molar refractivity (Wildman–Crippen MR) is 44.3 cm³/mol. The fourth-order valence-corrected chi connectivity index (χ4v) is 1.000. The Labute approximate surface area is 66.9 Å². The first kappa shape index (κ1) is 10.2. The number of allylic oxidation sites excluding steroid dienone is 1. The second-order valence-electron chi connectivity index (χ2n) is 2.42. The minimum Gasteiger partial charge on any atom is -0.481 e. The standard InChI is InChI=1S/C8H15NO2/c1-3-6(4-2)7(9)5-8(10)11/h3,7H,4-5,9H2,1-2H3,(H,10,11)/b6-3+. The van der Waals surface area contributed by atoms with Crippen molar-refractivity contribution in [3.05, 3.63) is 11.6 Å². The van der Waals surface area contributed by atoms with Gasteiger partial charge in [0.05, 0.1) is 6.42 Å². The molecule has 11 heavy (non-hydrogen) atoms. The van der Waals surface area contributed by atoms with E-state index in [0.29, 0.717) is 0 Å². The molecule has 0 aromatic carbocycles. The first-order valence-electron chi connectivity index (χ1n) is 3.74. The van der Waals surface area contributed by atoms with Crippen molar-refractivity contribution in [2.75, 3.05) is 0 Å². The lowest BCUT2D eigenvalue weighted by molar-refractivity contribution is -0.137. The summed E-state index contributed by atoms with van der Waals surface area (Å²) in [5.41, 5.74) is 6.60. The Morgan fingerprint density at radius 1 is 1.73 bits per heavy atom. The summed E-state index contributed by atoms with van der Waals surface area (Å²) in [6.07, 6.45) is 2.73. The molecule has 1 atom stereocenters. The fourth-order valence-electron chi connectivity index (χ4n) is 1.000. The molecule has 3 N–H and O–H groups in total. The third kappa shape index (κ3) is 3.78. The molecule has 0 aromatic rings. The zero-order chi connectivity index (χ0) is 8.85. The van der Waals surface area contributed by atoms with Crippen LogP contribution in [0.15, 0.2) is 11.6 Å². The first-order valence-corrected chi connectivity index (χ1v) is 3.74. The lowest BCUT2D eigenvalue weighted by Gasteiger charge is -2.10. The Balaban J connectivity index is 4.00. The maximum Gasteiger partial charge on any atom is 0.305 e. The molecule has 0 aromatic heterocycles. The molecule has 64 valence electrons. The van der Waals surface area contributed by atoms with Crippen LogP contribution >= 0.6 is 0 Å². The summed E-state index contributed by atoms with van der Waals surface area (Å²) in [7, 11) is 0. The van der Waals surface area contributed by atoms with E-state index in [1.54, 1.807) is 0 Å². The number of nitrogens with two attached hydrogens (primary N) is 1. The van der Waals surface area contributed by atoms with Gasteiger partial charge in [-0.1, -0.05) is 18.6 Å². The molecule has 0 bridgehead atoms. The summed E-state index contributed by atoms with van der Waals surface area (Å²) in [4.78, 5) is 10.2. The molecule has 3 heteroatoms. The van der Waals surface area contributed by atoms with E-state index in [4.69, 9.17) is 10.8 Å². The molecule has 0 aliphatic heterocycles. The van der Waals surface area contributed by atoms with E-state index < -0.39 is 5.97 Å². The number of carboxylic acids is 1. The second-order valence-corrected chi connectivity index (χ2v) is 2.42. The maximum absolute atomic E-state index is 10.2. The van der Waals surface area contributed by atoms with E-state index in [9.17, 15) is 4.79 Å². The zero-order valence-corrected chi connectivity index (χ0v) is 7.00. The van der Waals surface area contributed by atoms with Gasteiger partial charge in [0.1, 0.15) is 0 Å². The van der Waals surface area contributed by atoms with Crippen molar-refractivity contribution in [2.45, 2.75) is 32.7 Å². The van der Waals surface area contributed by atoms with Crippen LogP contribution in [0.25, 0.3) is 0 Å². The molecule has 1 unspecified atom stereocenters. The van der Waals surface area contributed by atoms with Gasteiger partial charge in [0.25, 0.3) is 0 Å². The molecule has 0 aliphatic carbocycles. The van der Waals surface area contributed by atoms with Gasteiger partial charge in [-0.2, -0.15) is 0 Å². The summed E-state index contributed by atoms with van der Waals surface area (Å²) in [6.45, 7) is 3.84. The van der Waals surface area contributed by atoms with Crippen molar-refractivity contribution >= 4 is 5.97 Å². The highest BCUT2D eigenvalue weighted by molar-refractivity contribution is 5.68. The maximum atomic E-state index is 10.2. The lowest BCUT2D eigenvalue weighted by Crippen LogP contribution is -2.25. The quantitative estimate of drug-likeness (QED) is 0.601. The summed E-state index contributed by atoms with van der Waals surface area (Å²) >= 11 is 0. The monoisotopic (exact) mass is 157 g/mol. The molecule has 0 radical (unpaired) electrons. The van der Waals surface area contributed by atoms with Crippen LogP contribution in [0.5, 0.6) is 0 Å². The Kier molecular flexibility index (Phi) is 4.54. The van der Waals surface area contributed by atoms with Crippen LogP contribution in [0.3, 0.4) is 0 Å². The minimum absolute atomic E-state index is 0.0213. The third-order valence-electron chi connectivity index (χ3n) is 1.65. The molecule has 0 fully saturated rings. The fraction of sp³-hybridized carbons (Fsp3) is 0.625. The third-order valence-corrected chi connectivity index (χ3v) is 1.65. The minimum atomic E-state index is -0.842. The number of hydrogen-bond acceptors (Lipinski definition) is 2. The lowest BCUT2D eigenvalue weighted by atomic mass is 10.0. The van der Waals surface area contributed by atoms with Crippen LogP contribution in [0.4, 0.5) is 0 Å². The molecule has 0 amide bonds. The second kappa shape index (κ2) is 4.91. The van der Waals surface area contributed by atoms with E-state index in [1.807, 2.05) is 19.9 Å². The molecular weight excluding hydrogens is 142 g/mol. The van der Waals surface area contributed by atoms with Crippen LogP contribution in [0.1, 0.15) is 26.7 Å². The first-order chi connectivity index (χ1) is 5.11. The van der Waals surface area contributed by atoms with Crippen molar-refractivity contribution in [1.82, 2.24) is 0 Å². The topological polar surface area (TPSA) is 63.3 Å². The van der Waals surface area contributed by atoms with Gasteiger partial charge in [0.2, 0.25) is 0 Å². The molecule has 0 aliphatic rings. The molecule has 3 nitrogen and oxygen atoms in total. The van der Waals surface area contributed by atoms with Crippen LogP contribution in [-0.2, 0) is 4.79 Å². The highest BCUT2D eigenvalue weighted by Gasteiger charge is 2.10. The van der Waals surface area contributed by atoms with E-state index in [-0.39, 0.29) is 12.5 Å². The summed E-state index contributed by atoms with van der Waals surface area (Å²) in [5.74, 6) is -0.842. The Morgan fingerprint density at radius 2 is 2.27 bits per heavy atom. The number of carbonyl (C=O) groups is 1. The summed E-state index contributed by atoms with van der Waals surface area (Å²) < 4.78 is 0. The average molecular weight is 157 g/mol. The normalized spacial score (nSPS) is 14.6. The molecule has 0 heterocycles. The summed E-state index contributed by atoms with van der Waals surface area (Å²) in [5, 5.41) is 8.42. The van der Waals surface area contributed by atoms with Crippen molar-refractivity contribution in [3.8, 4) is 0 Å². The number of carboxylic acid groups (broad SMARTS) is 1. The highest BCUT2D eigenvalue weighted by atomic mass is 16.4. The highest BCUT2D eigenvalue weighted by Crippen LogP contribution is 2.07. The largest absolute Gasteiger partial charge is 0.481 e. The molecular formula is C8H15NO2. The van der Waals surface area contributed by atoms with Crippen LogP contribution in [0.2, 0.25) is 0 Å². The average Bonchev–Trinajstić information content (AvgIpc) is 1.88. The van der Waals surface area contributed by atoms with Crippen molar-refractivity contribution in [3.63, 3.8) is 0 Å². The SMILES string of the molecule is C/C=C(\CC)C(N)CC(=O)O. The van der Waals surface area contributed by atoms with Crippen molar-refractivity contribution < 1.29 is 9.90 Å². The Bertz CT molecular complexity index is 163. The zero-order valence-electron chi connectivity index (χ0n) is 7.00. The number of hydrogen-bond donors (Lipinski definition) is 2. The molecule has 0 spiro atoms. The van der Waals surface area contributed by atoms with E-state index >= 15 is 0 Å². The van der Waals surface area contributed by atoms with Crippen LogP contribution < -0.4 is 5.73 Å². The van der Waals surface area contributed by atoms with Crippen molar-refractivity contribution in [1.29, 1.82) is 0 Å². The van der Waals surface area contributed by atoms with Gasteiger partial charge in [-0.25, -0.2) is 0 Å². The van der Waals surface area contributed by atoms with Crippen LogP contribution in [0, 0.1) is 0 Å². The van der Waals surface area contributed by atoms with Gasteiger partial charge in [-0.3, -0.25) is 4.79 Å². The van der Waals surface area contributed by atoms with Gasteiger partial charge in [-0.15, -0.1) is 0 Å². The van der Waals surface area contributed by atoms with Crippen LogP contribution in [-0.4, -0.2) is 17.1 Å². The number of aliphatic carboxylic acids is 1. The molecule has 0 saturated carbocycles.